The summed E-state index contributed by atoms with van der Waals surface area (Å²) in [5, 5.41) is -0.133. The van der Waals surface area contributed by atoms with Crippen molar-refractivity contribution < 1.29 is 17.6 Å². The first kappa shape index (κ1) is 20.5. The molecule has 0 saturated carbocycles. The Morgan fingerprint density at radius 1 is 1.12 bits per heavy atom. The van der Waals surface area contributed by atoms with Gasteiger partial charge in [0.15, 0.2) is 0 Å². The Morgan fingerprint density at radius 3 is 2.31 bits per heavy atom. The Hall–Kier alpha value is -1.83. The summed E-state index contributed by atoms with van der Waals surface area (Å²) < 4.78 is 41.2. The lowest BCUT2D eigenvalue weighted by Crippen LogP contribution is -2.31. The second kappa shape index (κ2) is 8.24. The first-order chi connectivity index (χ1) is 12.2. The first-order valence-electron chi connectivity index (χ1n) is 7.76. The molecule has 0 aliphatic rings. The van der Waals surface area contributed by atoms with Gasteiger partial charge in [-0.1, -0.05) is 35.3 Å². The monoisotopic (exact) mass is 418 g/mol. The summed E-state index contributed by atoms with van der Waals surface area (Å²) in [6.07, 6.45) is 0. The van der Waals surface area contributed by atoms with Crippen molar-refractivity contribution in [3.63, 3.8) is 0 Å². The minimum Gasteiger partial charge on any atom is -0.339 e. The molecule has 0 aromatic heterocycles. The van der Waals surface area contributed by atoms with Gasteiger partial charge in [-0.3, -0.25) is 9.52 Å². The van der Waals surface area contributed by atoms with Crippen LogP contribution in [0, 0.1) is 5.82 Å². The van der Waals surface area contributed by atoms with E-state index in [-0.39, 0.29) is 26.2 Å². The molecule has 2 aromatic carbocycles. The first-order valence-corrected chi connectivity index (χ1v) is 10.0. The average Bonchev–Trinajstić information content (AvgIpc) is 2.57. The molecule has 0 spiro atoms. The van der Waals surface area contributed by atoms with Crippen molar-refractivity contribution in [2.45, 2.75) is 18.7 Å². The average molecular weight is 419 g/mol. The summed E-state index contributed by atoms with van der Waals surface area (Å²) in [5.74, 6) is -1.15. The Labute approximate surface area is 161 Å². The Morgan fingerprint density at radius 2 is 1.73 bits per heavy atom. The summed E-state index contributed by atoms with van der Waals surface area (Å²) in [6.45, 7) is 4.46. The van der Waals surface area contributed by atoms with E-state index in [1.165, 1.54) is 29.2 Å². The van der Waals surface area contributed by atoms with Gasteiger partial charge in [0, 0.05) is 13.1 Å². The fourth-order valence-electron chi connectivity index (χ4n) is 2.32. The molecule has 0 saturated heterocycles. The minimum atomic E-state index is -4.23. The molecule has 26 heavy (non-hydrogen) atoms. The summed E-state index contributed by atoms with van der Waals surface area (Å²) in [6, 6.07) is 7.61. The number of benzene rings is 2. The number of nitrogens with zero attached hydrogens (tertiary/aromatic N) is 1. The molecule has 140 valence electrons. The van der Waals surface area contributed by atoms with E-state index >= 15 is 0 Å². The smallest absolute Gasteiger partial charge is 0.263 e. The zero-order chi connectivity index (χ0) is 19.5. The van der Waals surface area contributed by atoms with Crippen LogP contribution in [-0.2, 0) is 10.0 Å². The van der Waals surface area contributed by atoms with Gasteiger partial charge in [-0.05, 0) is 38.1 Å². The molecule has 0 fully saturated rings. The number of nitrogens with one attached hydrogen (secondary N) is 1. The van der Waals surface area contributed by atoms with E-state index in [0.717, 1.165) is 12.1 Å². The van der Waals surface area contributed by atoms with E-state index in [2.05, 4.69) is 4.72 Å². The van der Waals surface area contributed by atoms with Gasteiger partial charge in [0.2, 0.25) is 0 Å². The zero-order valence-corrected chi connectivity index (χ0v) is 16.4. The number of hydrogen-bond acceptors (Lipinski definition) is 3. The van der Waals surface area contributed by atoms with Crippen LogP contribution in [0.25, 0.3) is 0 Å². The highest BCUT2D eigenvalue weighted by Gasteiger charge is 2.25. The number of carbonyl (C=O) groups is 1. The minimum absolute atomic E-state index is 0.00803. The lowest BCUT2D eigenvalue weighted by atomic mass is 10.2. The zero-order valence-electron chi connectivity index (χ0n) is 14.1. The largest absolute Gasteiger partial charge is 0.339 e. The highest BCUT2D eigenvalue weighted by atomic mass is 35.5. The molecule has 1 N–H and O–H groups in total. The third-order valence-corrected chi connectivity index (χ3v) is 5.85. The van der Waals surface area contributed by atoms with Gasteiger partial charge in [0.25, 0.3) is 15.9 Å². The highest BCUT2D eigenvalue weighted by Crippen LogP contribution is 2.31. The Bertz CT molecular complexity index is 932. The van der Waals surface area contributed by atoms with Gasteiger partial charge < -0.3 is 4.90 Å². The highest BCUT2D eigenvalue weighted by molar-refractivity contribution is 7.92. The predicted molar refractivity (Wildman–Crippen MR) is 101 cm³/mol. The molecule has 9 heteroatoms. The van der Waals surface area contributed by atoms with Gasteiger partial charge >= 0.3 is 0 Å². The molecule has 0 radical (unpaired) electrons. The SMILES string of the molecule is CCN(CC)C(=O)c1cc(S(=O)(=O)Nc2ccccc2F)c(Cl)cc1Cl. The second-order valence-corrected chi connectivity index (χ2v) is 7.79. The van der Waals surface area contributed by atoms with Crippen molar-refractivity contribution in [3.8, 4) is 0 Å². The molecule has 0 aliphatic carbocycles. The molecule has 0 atom stereocenters. The topological polar surface area (TPSA) is 66.5 Å². The maximum atomic E-state index is 13.8. The van der Waals surface area contributed by atoms with Crippen molar-refractivity contribution in [3.05, 3.63) is 57.8 Å². The van der Waals surface area contributed by atoms with Gasteiger partial charge in [-0.25, -0.2) is 12.8 Å². The number of para-hydroxylation sites is 1. The molecular formula is C17H17Cl2FN2O3S. The van der Waals surface area contributed by atoms with E-state index < -0.39 is 21.7 Å². The van der Waals surface area contributed by atoms with Crippen molar-refractivity contribution in [1.82, 2.24) is 4.90 Å². The standard InChI is InChI=1S/C17H17Cl2FN2O3S/c1-3-22(4-2)17(23)11-9-16(13(19)10-12(11)18)26(24,25)21-15-8-6-5-7-14(15)20/h5-10,21H,3-4H2,1-2H3. The molecule has 2 aromatic rings. The van der Waals surface area contributed by atoms with Crippen molar-refractivity contribution in [1.29, 1.82) is 0 Å². The lowest BCUT2D eigenvalue weighted by molar-refractivity contribution is 0.0773. The van der Waals surface area contributed by atoms with Crippen LogP contribution >= 0.6 is 23.2 Å². The van der Waals surface area contributed by atoms with E-state index in [4.69, 9.17) is 23.2 Å². The molecule has 0 heterocycles. The van der Waals surface area contributed by atoms with Crippen molar-refractivity contribution >= 4 is 44.8 Å². The van der Waals surface area contributed by atoms with Gasteiger partial charge in [0.1, 0.15) is 10.7 Å². The fourth-order valence-corrected chi connectivity index (χ4v) is 4.25. The summed E-state index contributed by atoms with van der Waals surface area (Å²) in [5.41, 5.74) is -0.219. The lowest BCUT2D eigenvalue weighted by Gasteiger charge is -2.20. The van der Waals surface area contributed by atoms with E-state index in [1.807, 2.05) is 0 Å². The van der Waals surface area contributed by atoms with Crippen molar-refractivity contribution in [2.75, 3.05) is 17.8 Å². The van der Waals surface area contributed by atoms with Gasteiger partial charge in [-0.2, -0.15) is 0 Å². The van der Waals surface area contributed by atoms with Crippen LogP contribution in [0.3, 0.4) is 0 Å². The van der Waals surface area contributed by atoms with E-state index in [1.54, 1.807) is 13.8 Å². The molecular weight excluding hydrogens is 402 g/mol. The second-order valence-electron chi connectivity index (χ2n) is 5.33. The van der Waals surface area contributed by atoms with Crippen LogP contribution < -0.4 is 4.72 Å². The molecule has 2 rings (SSSR count). The number of rotatable bonds is 6. The molecule has 0 unspecified atom stereocenters. The van der Waals surface area contributed by atoms with Crippen LogP contribution in [0.1, 0.15) is 24.2 Å². The van der Waals surface area contributed by atoms with E-state index in [0.29, 0.717) is 13.1 Å². The number of hydrogen-bond donors (Lipinski definition) is 1. The molecule has 5 nitrogen and oxygen atoms in total. The predicted octanol–water partition coefficient (Wildman–Crippen LogP) is 4.42. The van der Waals surface area contributed by atoms with E-state index in [9.17, 15) is 17.6 Å². The Balaban J connectivity index is 2.50. The molecule has 0 bridgehead atoms. The maximum Gasteiger partial charge on any atom is 0.263 e. The van der Waals surface area contributed by atoms with Crippen LogP contribution in [-0.4, -0.2) is 32.3 Å². The van der Waals surface area contributed by atoms with Crippen LogP contribution in [0.15, 0.2) is 41.3 Å². The van der Waals surface area contributed by atoms with Crippen LogP contribution in [0.5, 0.6) is 0 Å². The summed E-state index contributed by atoms with van der Waals surface area (Å²) in [7, 11) is -4.23. The summed E-state index contributed by atoms with van der Waals surface area (Å²) >= 11 is 12.1. The molecule has 0 aliphatic heterocycles. The number of amides is 1. The number of halogens is 3. The van der Waals surface area contributed by atoms with Gasteiger partial charge in [-0.15, -0.1) is 0 Å². The number of sulfonamides is 1. The van der Waals surface area contributed by atoms with Gasteiger partial charge in [0.05, 0.1) is 21.3 Å². The molecule has 1 amide bonds. The third kappa shape index (κ3) is 4.28. The maximum absolute atomic E-state index is 13.8. The summed E-state index contributed by atoms with van der Waals surface area (Å²) in [4.78, 5) is 13.7. The van der Waals surface area contributed by atoms with Crippen molar-refractivity contribution in [2.24, 2.45) is 0 Å². The number of anilines is 1. The van der Waals surface area contributed by atoms with Crippen LogP contribution in [0.2, 0.25) is 10.0 Å². The Kier molecular flexibility index (Phi) is 6.49. The number of carbonyl (C=O) groups excluding carboxylic acids is 1. The third-order valence-electron chi connectivity index (χ3n) is 3.71. The van der Waals surface area contributed by atoms with Crippen LogP contribution in [0.4, 0.5) is 10.1 Å². The fraction of sp³-hybridized carbons (Fsp3) is 0.235. The quantitative estimate of drug-likeness (QED) is 0.754. The normalized spacial score (nSPS) is 11.3.